The highest BCUT2D eigenvalue weighted by molar-refractivity contribution is 5.29. The van der Waals surface area contributed by atoms with Crippen molar-refractivity contribution >= 4 is 0 Å². The minimum absolute atomic E-state index is 0.388. The molecule has 0 unspecified atom stereocenters. The van der Waals surface area contributed by atoms with Gasteiger partial charge in [-0.1, -0.05) is 203 Å². The van der Waals surface area contributed by atoms with Crippen LogP contribution in [0.2, 0.25) is 0 Å². The van der Waals surface area contributed by atoms with E-state index in [-0.39, 0.29) is 0 Å². The summed E-state index contributed by atoms with van der Waals surface area (Å²) in [5, 5.41) is 18.9. The Kier molecular flexibility index (Phi) is 53.7. The molecule has 57 heavy (non-hydrogen) atoms. The van der Waals surface area contributed by atoms with Crippen LogP contribution in [-0.2, 0) is 6.42 Å². The standard InChI is InChI=1S/C21H34O.C14H22O.C12H22.C5H10.C3H6/c1-2-3-4-5-6-7-8-9-10-11-12-13-14-16-20-17-15-18-21(22)19-20;1-2-3-4-5-6-9-13-10-7-8-11-14(15)12-13;1-3-5-7-9-11-12-10-8-6-4-2;1-3-5-4-2;1-3-2/h7-8,15,17-19,22H,2-6,9-14,16H2,1H3;7-8,10,12,15H,2-6,9,11H2,1H3;7,9-10,12H,3-6,8,11H2,1-2H3;3,5H,4H2,1-2H3;3H,1H2,2H3/b8-7+;;9-7+,12-10+;5-3-;. The van der Waals surface area contributed by atoms with Crippen LogP contribution in [0.3, 0.4) is 0 Å². The van der Waals surface area contributed by atoms with Crippen LogP contribution in [0.25, 0.3) is 0 Å². The Morgan fingerprint density at radius 2 is 1.11 bits per heavy atom. The predicted octanol–water partition coefficient (Wildman–Crippen LogP) is 19.1. The Bertz CT molecular complexity index is 1160. The van der Waals surface area contributed by atoms with E-state index in [0.717, 1.165) is 25.7 Å². The molecule has 1 aliphatic carbocycles. The molecular formula is C55H94O2. The van der Waals surface area contributed by atoms with Crippen LogP contribution in [0.15, 0.2) is 121 Å². The Hall–Kier alpha value is -3.26. The summed E-state index contributed by atoms with van der Waals surface area (Å²) >= 11 is 0. The van der Waals surface area contributed by atoms with Crippen molar-refractivity contribution in [2.24, 2.45) is 0 Å². The van der Waals surface area contributed by atoms with Gasteiger partial charge < -0.3 is 10.2 Å². The molecule has 0 radical (unpaired) electrons. The number of aryl methyl sites for hydroxylation is 1. The summed E-state index contributed by atoms with van der Waals surface area (Å²) in [4.78, 5) is 0. The summed E-state index contributed by atoms with van der Waals surface area (Å²) in [5.74, 6) is 0.877. The van der Waals surface area contributed by atoms with E-state index in [0.29, 0.717) is 17.9 Å². The molecular weight excluding hydrogens is 693 g/mol. The van der Waals surface area contributed by atoms with Gasteiger partial charge in [0.15, 0.2) is 0 Å². The van der Waals surface area contributed by atoms with Gasteiger partial charge in [-0.3, -0.25) is 0 Å². The molecule has 2 heteroatoms. The van der Waals surface area contributed by atoms with Gasteiger partial charge in [-0.25, -0.2) is 0 Å². The van der Waals surface area contributed by atoms with Gasteiger partial charge in [0.2, 0.25) is 0 Å². The van der Waals surface area contributed by atoms with E-state index < -0.39 is 0 Å². The fourth-order valence-corrected chi connectivity index (χ4v) is 5.78. The minimum Gasteiger partial charge on any atom is -0.512 e. The summed E-state index contributed by atoms with van der Waals surface area (Å²) in [6.07, 6.45) is 60.4. The second-order valence-corrected chi connectivity index (χ2v) is 15.0. The molecule has 0 saturated heterocycles. The van der Waals surface area contributed by atoms with E-state index in [9.17, 15) is 10.2 Å². The van der Waals surface area contributed by atoms with Crippen LogP contribution < -0.4 is 0 Å². The molecule has 0 saturated carbocycles. The zero-order valence-electron chi connectivity index (χ0n) is 38.8. The quantitative estimate of drug-likeness (QED) is 0.0689. The zero-order valence-corrected chi connectivity index (χ0v) is 38.8. The second kappa shape index (κ2) is 52.7. The molecule has 1 aromatic carbocycles. The zero-order chi connectivity index (χ0) is 42.7. The first kappa shape index (κ1) is 58.1. The fourth-order valence-electron chi connectivity index (χ4n) is 5.78. The van der Waals surface area contributed by atoms with Gasteiger partial charge in [0.25, 0.3) is 0 Å². The van der Waals surface area contributed by atoms with E-state index in [4.69, 9.17) is 0 Å². The molecule has 0 amide bonds. The molecule has 0 spiro atoms. The molecule has 2 rings (SSSR count). The summed E-state index contributed by atoms with van der Waals surface area (Å²) in [7, 11) is 0. The van der Waals surface area contributed by atoms with E-state index in [1.807, 2.05) is 44.2 Å². The first-order valence-corrected chi connectivity index (χ1v) is 23.6. The molecule has 1 aliphatic rings. The normalized spacial score (nSPS) is 12.1. The molecule has 2 N–H and O–H groups in total. The highest BCUT2D eigenvalue weighted by Gasteiger charge is 1.99. The van der Waals surface area contributed by atoms with E-state index >= 15 is 0 Å². The third-order valence-corrected chi connectivity index (χ3v) is 9.09. The Morgan fingerprint density at radius 3 is 1.67 bits per heavy atom. The van der Waals surface area contributed by atoms with Gasteiger partial charge in [0, 0.05) is 6.42 Å². The Balaban J connectivity index is -0.000000726. The van der Waals surface area contributed by atoms with Crippen LogP contribution in [-0.4, -0.2) is 10.2 Å². The maximum atomic E-state index is 9.47. The SMILES string of the molecule is C/C=C\CC.C=CC.CCC/C=C/C/C=C/CCCC.CCCCCC/C=C/CCCCCCCc1cccc(O)c1.CCCCCCCC1=CC=CCC(O)=C1. The number of hydrogen-bond acceptors (Lipinski definition) is 2. The number of aromatic hydroxyl groups is 1. The third-order valence-electron chi connectivity index (χ3n) is 9.09. The van der Waals surface area contributed by atoms with Crippen molar-refractivity contribution in [2.75, 3.05) is 0 Å². The second-order valence-electron chi connectivity index (χ2n) is 15.0. The summed E-state index contributed by atoms with van der Waals surface area (Å²) in [6, 6.07) is 7.65. The van der Waals surface area contributed by atoms with Crippen LogP contribution in [0.4, 0.5) is 0 Å². The number of aliphatic hydroxyl groups is 1. The van der Waals surface area contributed by atoms with Crippen molar-refractivity contribution in [3.63, 3.8) is 0 Å². The minimum atomic E-state index is 0.388. The monoisotopic (exact) mass is 787 g/mol. The van der Waals surface area contributed by atoms with Gasteiger partial charge in [-0.15, -0.1) is 6.58 Å². The first-order valence-electron chi connectivity index (χ1n) is 23.6. The van der Waals surface area contributed by atoms with E-state index in [1.54, 1.807) is 12.1 Å². The van der Waals surface area contributed by atoms with E-state index in [1.165, 1.54) is 146 Å². The lowest BCUT2D eigenvalue weighted by atomic mass is 10.0. The lowest BCUT2D eigenvalue weighted by molar-refractivity contribution is 0.401. The van der Waals surface area contributed by atoms with Gasteiger partial charge >= 0.3 is 0 Å². The van der Waals surface area contributed by atoms with Crippen molar-refractivity contribution in [1.29, 1.82) is 0 Å². The number of aliphatic hydroxyl groups excluding tert-OH is 1. The summed E-state index contributed by atoms with van der Waals surface area (Å²) < 4.78 is 0. The largest absolute Gasteiger partial charge is 0.512 e. The first-order chi connectivity index (χ1) is 27.9. The molecule has 0 aliphatic heterocycles. The molecule has 0 heterocycles. The molecule has 326 valence electrons. The van der Waals surface area contributed by atoms with E-state index in [2.05, 4.69) is 102 Å². The lowest BCUT2D eigenvalue weighted by Gasteiger charge is -2.02. The summed E-state index contributed by atoms with van der Waals surface area (Å²) in [5.41, 5.74) is 2.52. The topological polar surface area (TPSA) is 40.5 Å². The number of phenolic OH excluding ortho intramolecular Hbond substituents is 1. The van der Waals surface area contributed by atoms with Gasteiger partial charge in [0.1, 0.15) is 5.75 Å². The van der Waals surface area contributed by atoms with Crippen LogP contribution in [0, 0.1) is 0 Å². The number of unbranched alkanes of at least 4 members (excludes halogenated alkanes) is 16. The van der Waals surface area contributed by atoms with Crippen LogP contribution in [0.5, 0.6) is 5.75 Å². The van der Waals surface area contributed by atoms with Crippen molar-refractivity contribution in [3.8, 4) is 5.75 Å². The summed E-state index contributed by atoms with van der Waals surface area (Å²) in [6.45, 7) is 18.3. The number of phenols is 1. The highest BCUT2D eigenvalue weighted by Crippen LogP contribution is 2.17. The van der Waals surface area contributed by atoms with Crippen molar-refractivity contribution < 1.29 is 10.2 Å². The maximum absolute atomic E-state index is 9.47. The van der Waals surface area contributed by atoms with Crippen molar-refractivity contribution in [3.05, 3.63) is 127 Å². The molecule has 2 nitrogen and oxygen atoms in total. The average Bonchev–Trinajstić information content (AvgIpc) is 3.42. The van der Waals surface area contributed by atoms with Gasteiger partial charge in [0.05, 0.1) is 5.76 Å². The number of hydrogen-bond donors (Lipinski definition) is 2. The van der Waals surface area contributed by atoms with Gasteiger partial charge in [-0.05, 0) is 120 Å². The molecule has 0 bridgehead atoms. The Labute approximate surface area is 356 Å². The smallest absolute Gasteiger partial charge is 0.115 e. The van der Waals surface area contributed by atoms with Crippen molar-refractivity contribution in [2.45, 2.75) is 215 Å². The third kappa shape index (κ3) is 52.7. The van der Waals surface area contributed by atoms with Gasteiger partial charge in [-0.2, -0.15) is 0 Å². The number of rotatable bonds is 27. The molecule has 1 aromatic rings. The highest BCUT2D eigenvalue weighted by atomic mass is 16.3. The van der Waals surface area contributed by atoms with Crippen LogP contribution >= 0.6 is 0 Å². The average molecular weight is 787 g/mol. The number of benzene rings is 1. The maximum Gasteiger partial charge on any atom is 0.115 e. The molecule has 0 aromatic heterocycles. The van der Waals surface area contributed by atoms with Crippen LogP contribution in [0.1, 0.15) is 215 Å². The predicted molar refractivity (Wildman–Crippen MR) is 262 cm³/mol. The lowest BCUT2D eigenvalue weighted by Crippen LogP contribution is -1.86. The Morgan fingerprint density at radius 1 is 0.579 bits per heavy atom. The number of allylic oxidation sites excluding steroid dienone is 14. The molecule has 0 fully saturated rings. The fraction of sp³-hybridized carbons (Fsp3) is 0.600. The molecule has 0 atom stereocenters. The van der Waals surface area contributed by atoms with Crippen molar-refractivity contribution in [1.82, 2.24) is 0 Å².